The molecule has 0 aliphatic carbocycles. The summed E-state index contributed by atoms with van der Waals surface area (Å²) in [5, 5.41) is 21.3. The lowest BCUT2D eigenvalue weighted by atomic mass is 10.00. The van der Waals surface area contributed by atoms with Crippen LogP contribution in [-0.4, -0.2) is 11.9 Å². The first-order valence-electron chi connectivity index (χ1n) is 5.77. The Morgan fingerprint density at radius 2 is 1.70 bits per heavy atom. The number of carboxylic acids is 2. The number of carboxylic acid groups (broad SMARTS) is 2. The second-order valence-corrected chi connectivity index (χ2v) is 4.23. The van der Waals surface area contributed by atoms with E-state index in [1.165, 1.54) is 6.07 Å². The third-order valence-electron chi connectivity index (χ3n) is 2.80. The lowest BCUT2D eigenvalue weighted by Crippen LogP contribution is -2.24. The summed E-state index contributed by atoms with van der Waals surface area (Å²) in [6.45, 7) is 0. The van der Waals surface area contributed by atoms with Crippen LogP contribution in [0.5, 0.6) is 0 Å². The van der Waals surface area contributed by atoms with E-state index < -0.39 is 23.3 Å². The number of carbonyl (C=O) groups excluding carboxylic acids is 2. The first kappa shape index (κ1) is 13.7. The molecule has 0 aliphatic heterocycles. The summed E-state index contributed by atoms with van der Waals surface area (Å²) in [5.74, 6) is -3.69. The van der Waals surface area contributed by atoms with Crippen molar-refractivity contribution in [3.8, 4) is 11.1 Å². The van der Waals surface area contributed by atoms with Gasteiger partial charge in [0.2, 0.25) is 0 Å². The van der Waals surface area contributed by atoms with E-state index in [9.17, 15) is 24.2 Å². The van der Waals surface area contributed by atoms with Gasteiger partial charge < -0.3 is 19.8 Å². The van der Waals surface area contributed by atoms with Gasteiger partial charge in [-0.15, -0.1) is 0 Å². The maximum absolute atomic E-state index is 13.3. The topological polar surface area (TPSA) is 80.3 Å². The molecule has 0 heterocycles. The highest BCUT2D eigenvalue weighted by Crippen LogP contribution is 2.23. The van der Waals surface area contributed by atoms with Gasteiger partial charge in [0.1, 0.15) is 5.82 Å². The minimum atomic E-state index is -1.60. The van der Waals surface area contributed by atoms with Crippen molar-refractivity contribution in [1.82, 2.24) is 0 Å². The number of carbonyl (C=O) groups is 2. The third-order valence-corrected chi connectivity index (χ3v) is 2.80. The van der Waals surface area contributed by atoms with Gasteiger partial charge in [-0.05, 0) is 28.8 Å². The third kappa shape index (κ3) is 3.00. The molecule has 102 valence electrons. The van der Waals surface area contributed by atoms with E-state index >= 15 is 0 Å². The van der Waals surface area contributed by atoms with Gasteiger partial charge in [-0.3, -0.25) is 0 Å². The molecule has 0 aliphatic rings. The van der Waals surface area contributed by atoms with Crippen LogP contribution in [-0.2, 0) is 11.2 Å². The van der Waals surface area contributed by atoms with Crippen LogP contribution in [0, 0.1) is 5.82 Å². The standard InChI is InChI=1S/C15H11FO4/c16-13-5-4-11(8-12(13)15(19)20)10-3-1-2-9(6-10)7-14(17)18/h1-6,8H,7H2,(H,17,18)(H,19,20)/p-2. The van der Waals surface area contributed by atoms with Gasteiger partial charge in [0, 0.05) is 18.0 Å². The molecular formula is C15H9FO4-2. The van der Waals surface area contributed by atoms with Crippen LogP contribution in [0.1, 0.15) is 15.9 Å². The van der Waals surface area contributed by atoms with Crippen molar-refractivity contribution in [3.63, 3.8) is 0 Å². The summed E-state index contributed by atoms with van der Waals surface area (Å²) in [5.41, 5.74) is 1.03. The quantitative estimate of drug-likeness (QED) is 0.793. The Morgan fingerprint density at radius 3 is 2.35 bits per heavy atom. The fourth-order valence-corrected chi connectivity index (χ4v) is 1.89. The molecule has 20 heavy (non-hydrogen) atoms. The Kier molecular flexibility index (Phi) is 3.79. The highest BCUT2D eigenvalue weighted by molar-refractivity contribution is 5.88. The molecule has 4 nitrogen and oxygen atoms in total. The second-order valence-electron chi connectivity index (χ2n) is 4.23. The van der Waals surface area contributed by atoms with Crippen molar-refractivity contribution in [1.29, 1.82) is 0 Å². The second kappa shape index (κ2) is 5.52. The number of halogens is 1. The van der Waals surface area contributed by atoms with Crippen molar-refractivity contribution in [3.05, 3.63) is 59.4 Å². The summed E-state index contributed by atoms with van der Waals surface area (Å²) in [6, 6.07) is 10.1. The van der Waals surface area contributed by atoms with E-state index in [4.69, 9.17) is 0 Å². The molecule has 0 amide bonds. The predicted molar refractivity (Wildman–Crippen MR) is 64.9 cm³/mol. The number of aromatic carboxylic acids is 1. The first-order chi connectivity index (χ1) is 9.47. The van der Waals surface area contributed by atoms with E-state index in [2.05, 4.69) is 0 Å². The first-order valence-corrected chi connectivity index (χ1v) is 5.77. The van der Waals surface area contributed by atoms with E-state index in [0.29, 0.717) is 16.7 Å². The van der Waals surface area contributed by atoms with Crippen molar-refractivity contribution >= 4 is 11.9 Å². The molecule has 0 spiro atoms. The highest BCUT2D eigenvalue weighted by atomic mass is 19.1. The van der Waals surface area contributed by atoms with Crippen LogP contribution >= 0.6 is 0 Å². The molecule has 0 N–H and O–H groups in total. The zero-order chi connectivity index (χ0) is 14.7. The van der Waals surface area contributed by atoms with Gasteiger partial charge in [0.25, 0.3) is 0 Å². The Bertz CT molecular complexity index is 679. The summed E-state index contributed by atoms with van der Waals surface area (Å²) < 4.78 is 13.3. The molecule has 5 heteroatoms. The molecule has 2 aromatic rings. The largest absolute Gasteiger partial charge is 0.550 e. The average molecular weight is 272 g/mol. The Balaban J connectivity index is 2.43. The highest BCUT2D eigenvalue weighted by Gasteiger charge is 2.06. The zero-order valence-corrected chi connectivity index (χ0v) is 10.3. The molecule has 0 unspecified atom stereocenters. The number of benzene rings is 2. The molecule has 2 rings (SSSR count). The fraction of sp³-hybridized carbons (Fsp3) is 0.0667. The van der Waals surface area contributed by atoms with Gasteiger partial charge in [-0.2, -0.15) is 0 Å². The van der Waals surface area contributed by atoms with Crippen LogP contribution in [0.15, 0.2) is 42.5 Å². The van der Waals surface area contributed by atoms with Crippen molar-refractivity contribution in [2.24, 2.45) is 0 Å². The Labute approximate surface area is 114 Å². The monoisotopic (exact) mass is 272 g/mol. The molecule has 0 atom stereocenters. The van der Waals surface area contributed by atoms with Crippen LogP contribution in [0.4, 0.5) is 4.39 Å². The number of hydrogen-bond acceptors (Lipinski definition) is 4. The molecule has 0 fully saturated rings. The molecule has 0 radical (unpaired) electrons. The molecular weight excluding hydrogens is 263 g/mol. The SMILES string of the molecule is O=C([O-])Cc1cccc(-c2ccc(F)c(C(=O)[O-])c2)c1. The zero-order valence-electron chi connectivity index (χ0n) is 10.3. The lowest BCUT2D eigenvalue weighted by molar-refractivity contribution is -0.304. The molecule has 0 saturated carbocycles. The minimum absolute atomic E-state index is 0.248. The molecule has 0 saturated heterocycles. The Hall–Kier alpha value is -2.69. The number of hydrogen-bond donors (Lipinski definition) is 0. The normalized spacial score (nSPS) is 10.2. The van der Waals surface area contributed by atoms with Crippen LogP contribution in [0.3, 0.4) is 0 Å². The van der Waals surface area contributed by atoms with E-state index in [1.54, 1.807) is 24.3 Å². The summed E-state index contributed by atoms with van der Waals surface area (Å²) in [7, 11) is 0. The number of aliphatic carboxylic acids is 1. The van der Waals surface area contributed by atoms with E-state index in [-0.39, 0.29) is 6.42 Å². The molecule has 0 bridgehead atoms. The van der Waals surface area contributed by atoms with Crippen LogP contribution < -0.4 is 10.2 Å². The van der Waals surface area contributed by atoms with Gasteiger partial charge in [-0.25, -0.2) is 4.39 Å². The lowest BCUT2D eigenvalue weighted by Gasteiger charge is -2.09. The van der Waals surface area contributed by atoms with Gasteiger partial charge in [0.05, 0.1) is 5.97 Å². The van der Waals surface area contributed by atoms with Crippen LogP contribution in [0.2, 0.25) is 0 Å². The molecule has 0 aromatic heterocycles. The minimum Gasteiger partial charge on any atom is -0.550 e. The summed E-state index contributed by atoms with van der Waals surface area (Å²) >= 11 is 0. The van der Waals surface area contributed by atoms with E-state index in [1.807, 2.05) is 0 Å². The predicted octanol–water partition coefficient (Wildman–Crippen LogP) is 0.149. The van der Waals surface area contributed by atoms with Crippen molar-refractivity contribution in [2.45, 2.75) is 6.42 Å². The van der Waals surface area contributed by atoms with Gasteiger partial charge >= 0.3 is 0 Å². The van der Waals surface area contributed by atoms with Crippen LogP contribution in [0.25, 0.3) is 11.1 Å². The summed E-state index contributed by atoms with van der Waals surface area (Å²) in [4.78, 5) is 21.3. The van der Waals surface area contributed by atoms with Crippen molar-refractivity contribution < 1.29 is 24.2 Å². The van der Waals surface area contributed by atoms with Gasteiger partial charge in [-0.1, -0.05) is 30.3 Å². The van der Waals surface area contributed by atoms with Crippen molar-refractivity contribution in [2.75, 3.05) is 0 Å². The average Bonchev–Trinajstić information content (AvgIpc) is 2.38. The van der Waals surface area contributed by atoms with Gasteiger partial charge in [0.15, 0.2) is 0 Å². The smallest absolute Gasteiger partial charge is 0.132 e. The summed E-state index contributed by atoms with van der Waals surface area (Å²) in [6.07, 6.45) is -0.248. The molecule has 2 aromatic carbocycles. The Morgan fingerprint density at radius 1 is 1.00 bits per heavy atom. The number of rotatable bonds is 4. The fourth-order valence-electron chi connectivity index (χ4n) is 1.89. The van der Waals surface area contributed by atoms with E-state index in [0.717, 1.165) is 12.1 Å². The maximum atomic E-state index is 13.3. The maximum Gasteiger partial charge on any atom is 0.132 e.